The molecule has 0 radical (unpaired) electrons. The molecule has 0 spiro atoms. The van der Waals surface area contributed by atoms with Gasteiger partial charge in [0, 0.05) is 24.1 Å². The van der Waals surface area contributed by atoms with Gasteiger partial charge in [0.15, 0.2) is 0 Å². The van der Waals surface area contributed by atoms with Crippen LogP contribution < -0.4 is 5.32 Å². The van der Waals surface area contributed by atoms with Crippen LogP contribution >= 0.6 is 11.8 Å². The van der Waals surface area contributed by atoms with E-state index in [0.717, 1.165) is 18.8 Å². The third-order valence-electron chi connectivity index (χ3n) is 3.56. The molecule has 1 atom stereocenters. The van der Waals surface area contributed by atoms with Gasteiger partial charge in [0.05, 0.1) is 0 Å². The van der Waals surface area contributed by atoms with Crippen LogP contribution in [0.25, 0.3) is 0 Å². The average molecular weight is 280 g/mol. The number of aryl methyl sites for hydroxylation is 1. The lowest BCUT2D eigenvalue weighted by molar-refractivity contribution is 0.324. The summed E-state index contributed by atoms with van der Waals surface area (Å²) in [6.07, 6.45) is 0. The van der Waals surface area contributed by atoms with Gasteiger partial charge in [-0.2, -0.15) is 11.8 Å². The summed E-state index contributed by atoms with van der Waals surface area (Å²) in [7, 11) is 2.05. The Labute approximate surface area is 123 Å². The summed E-state index contributed by atoms with van der Waals surface area (Å²) in [4.78, 5) is 2.48. The topological polar surface area (TPSA) is 15.3 Å². The summed E-state index contributed by atoms with van der Waals surface area (Å²) in [5, 5.41) is 3.42. The van der Waals surface area contributed by atoms with Crippen molar-refractivity contribution in [2.45, 2.75) is 26.8 Å². The van der Waals surface area contributed by atoms with E-state index >= 15 is 0 Å². The molecule has 0 aliphatic rings. The van der Waals surface area contributed by atoms with Gasteiger partial charge in [0.2, 0.25) is 0 Å². The van der Waals surface area contributed by atoms with Gasteiger partial charge < -0.3 is 10.2 Å². The van der Waals surface area contributed by atoms with Gasteiger partial charge in [-0.1, -0.05) is 43.7 Å². The molecule has 1 rings (SSSR count). The molecule has 3 heteroatoms. The van der Waals surface area contributed by atoms with Crippen molar-refractivity contribution >= 4 is 11.8 Å². The van der Waals surface area contributed by atoms with Crippen molar-refractivity contribution in [3.63, 3.8) is 0 Å². The van der Waals surface area contributed by atoms with Gasteiger partial charge in [-0.15, -0.1) is 0 Å². The Morgan fingerprint density at radius 2 is 1.79 bits per heavy atom. The van der Waals surface area contributed by atoms with Crippen LogP contribution in [0.2, 0.25) is 0 Å². The molecule has 2 nitrogen and oxygen atoms in total. The van der Waals surface area contributed by atoms with E-state index in [-0.39, 0.29) is 0 Å². The van der Waals surface area contributed by atoms with Gasteiger partial charge in [0.1, 0.15) is 0 Å². The SMILES string of the molecule is CCN(CC)CCSCC(NC)c1ccc(C)cc1. The molecule has 1 N–H and O–H groups in total. The van der Waals surface area contributed by atoms with Gasteiger partial charge in [-0.3, -0.25) is 0 Å². The number of nitrogens with zero attached hydrogens (tertiary/aromatic N) is 1. The highest BCUT2D eigenvalue weighted by Gasteiger charge is 2.09. The molecule has 1 aromatic rings. The molecule has 1 unspecified atom stereocenters. The zero-order chi connectivity index (χ0) is 14.1. The predicted molar refractivity (Wildman–Crippen MR) is 88.1 cm³/mol. The van der Waals surface area contributed by atoms with Crippen LogP contribution in [0, 0.1) is 6.92 Å². The first-order chi connectivity index (χ1) is 9.21. The molecule has 0 heterocycles. The highest BCUT2D eigenvalue weighted by atomic mass is 32.2. The zero-order valence-corrected chi connectivity index (χ0v) is 13.6. The van der Waals surface area contributed by atoms with Crippen LogP contribution in [-0.4, -0.2) is 43.1 Å². The first kappa shape index (κ1) is 16.5. The summed E-state index contributed by atoms with van der Waals surface area (Å²) in [5.74, 6) is 2.35. The van der Waals surface area contributed by atoms with Gasteiger partial charge in [-0.25, -0.2) is 0 Å². The average Bonchev–Trinajstić information content (AvgIpc) is 2.44. The minimum Gasteiger partial charge on any atom is -0.312 e. The number of nitrogens with one attached hydrogen (secondary N) is 1. The Balaban J connectivity index is 2.35. The fourth-order valence-electron chi connectivity index (χ4n) is 2.08. The summed E-state index contributed by atoms with van der Waals surface area (Å²) in [6, 6.07) is 9.32. The van der Waals surface area contributed by atoms with Crippen LogP contribution in [0.4, 0.5) is 0 Å². The van der Waals surface area contributed by atoms with E-state index in [0.29, 0.717) is 6.04 Å². The molecule has 0 saturated heterocycles. The predicted octanol–water partition coefficient (Wildman–Crippen LogP) is 3.33. The zero-order valence-electron chi connectivity index (χ0n) is 12.8. The van der Waals surface area contributed by atoms with Crippen LogP contribution in [0.15, 0.2) is 24.3 Å². The number of thioether (sulfide) groups is 1. The fraction of sp³-hybridized carbons (Fsp3) is 0.625. The number of hydrogen-bond acceptors (Lipinski definition) is 3. The molecule has 0 bridgehead atoms. The van der Waals surface area contributed by atoms with Crippen molar-refractivity contribution in [1.82, 2.24) is 10.2 Å². The van der Waals surface area contributed by atoms with Crippen LogP contribution in [0.3, 0.4) is 0 Å². The molecule has 0 amide bonds. The molecular formula is C16H28N2S. The molecule has 0 aliphatic heterocycles. The lowest BCUT2D eigenvalue weighted by atomic mass is 10.1. The van der Waals surface area contributed by atoms with Crippen LogP contribution in [-0.2, 0) is 0 Å². The maximum absolute atomic E-state index is 3.42. The van der Waals surface area contributed by atoms with E-state index in [9.17, 15) is 0 Å². The van der Waals surface area contributed by atoms with Crippen molar-refractivity contribution in [3.8, 4) is 0 Å². The molecule has 0 aliphatic carbocycles. The second-order valence-corrected chi connectivity index (χ2v) is 6.00. The number of benzene rings is 1. The van der Waals surface area contributed by atoms with Gasteiger partial charge in [0.25, 0.3) is 0 Å². The molecule has 0 saturated carbocycles. The Hall–Kier alpha value is -0.510. The Bertz CT molecular complexity index is 333. The minimum atomic E-state index is 0.460. The van der Waals surface area contributed by atoms with E-state index < -0.39 is 0 Å². The number of hydrogen-bond donors (Lipinski definition) is 1. The normalized spacial score (nSPS) is 12.9. The van der Waals surface area contributed by atoms with Gasteiger partial charge >= 0.3 is 0 Å². The van der Waals surface area contributed by atoms with Crippen LogP contribution in [0.1, 0.15) is 31.0 Å². The van der Waals surface area contributed by atoms with Crippen molar-refractivity contribution in [2.75, 3.05) is 38.2 Å². The second kappa shape index (κ2) is 9.40. The molecule has 0 aromatic heterocycles. The largest absolute Gasteiger partial charge is 0.312 e. The summed E-state index contributed by atoms with van der Waals surface area (Å²) in [6.45, 7) is 10.1. The lowest BCUT2D eigenvalue weighted by Gasteiger charge is -2.19. The number of rotatable bonds is 9. The lowest BCUT2D eigenvalue weighted by Crippen LogP contribution is -2.26. The van der Waals surface area contributed by atoms with Crippen molar-refractivity contribution in [1.29, 1.82) is 0 Å². The van der Waals surface area contributed by atoms with Crippen molar-refractivity contribution in [3.05, 3.63) is 35.4 Å². The second-order valence-electron chi connectivity index (χ2n) is 4.85. The summed E-state index contributed by atoms with van der Waals surface area (Å²) < 4.78 is 0. The molecule has 0 fully saturated rings. The third-order valence-corrected chi connectivity index (χ3v) is 4.60. The monoisotopic (exact) mass is 280 g/mol. The minimum absolute atomic E-state index is 0.460. The quantitative estimate of drug-likeness (QED) is 0.699. The highest BCUT2D eigenvalue weighted by molar-refractivity contribution is 7.99. The smallest absolute Gasteiger partial charge is 0.0409 e. The summed E-state index contributed by atoms with van der Waals surface area (Å²) in [5.41, 5.74) is 2.72. The van der Waals surface area contributed by atoms with Gasteiger partial charge in [-0.05, 0) is 32.6 Å². The Morgan fingerprint density at radius 1 is 1.16 bits per heavy atom. The molecular weight excluding hydrogens is 252 g/mol. The standard InChI is InChI=1S/C16H28N2S/c1-5-18(6-2)11-12-19-13-16(17-4)15-9-7-14(3)8-10-15/h7-10,16-17H,5-6,11-13H2,1-4H3. The van der Waals surface area contributed by atoms with E-state index in [2.05, 4.69) is 62.3 Å². The molecule has 108 valence electrons. The third kappa shape index (κ3) is 5.98. The fourth-order valence-corrected chi connectivity index (χ4v) is 3.23. The van der Waals surface area contributed by atoms with Crippen molar-refractivity contribution < 1.29 is 0 Å². The van der Waals surface area contributed by atoms with Crippen molar-refractivity contribution in [2.24, 2.45) is 0 Å². The molecule has 1 aromatic carbocycles. The maximum atomic E-state index is 3.42. The maximum Gasteiger partial charge on any atom is 0.0409 e. The Morgan fingerprint density at radius 3 is 2.32 bits per heavy atom. The first-order valence-electron chi connectivity index (χ1n) is 7.25. The highest BCUT2D eigenvalue weighted by Crippen LogP contribution is 2.18. The first-order valence-corrected chi connectivity index (χ1v) is 8.40. The molecule has 19 heavy (non-hydrogen) atoms. The van der Waals surface area contributed by atoms with Crippen LogP contribution in [0.5, 0.6) is 0 Å². The van der Waals surface area contributed by atoms with E-state index in [1.807, 2.05) is 11.8 Å². The van der Waals surface area contributed by atoms with E-state index in [1.165, 1.54) is 23.4 Å². The van der Waals surface area contributed by atoms with E-state index in [4.69, 9.17) is 0 Å². The summed E-state index contributed by atoms with van der Waals surface area (Å²) >= 11 is 2.04. The van der Waals surface area contributed by atoms with E-state index in [1.54, 1.807) is 0 Å². The Kier molecular flexibility index (Phi) is 8.19.